The summed E-state index contributed by atoms with van der Waals surface area (Å²) in [5, 5.41) is 4.33. The van der Waals surface area contributed by atoms with Crippen molar-refractivity contribution in [1.82, 2.24) is 10.2 Å². The molecule has 0 unspecified atom stereocenters. The van der Waals surface area contributed by atoms with Gasteiger partial charge in [-0.3, -0.25) is 14.5 Å². The van der Waals surface area contributed by atoms with Crippen LogP contribution in [0.1, 0.15) is 12.5 Å². The largest absolute Gasteiger partial charge is 0.325 e. The number of halogens is 4. The number of amides is 4. The van der Waals surface area contributed by atoms with E-state index in [4.69, 9.17) is 0 Å². The molecular formula is C18H13F4N3O3. The van der Waals surface area contributed by atoms with E-state index in [0.29, 0.717) is 11.0 Å². The Labute approximate surface area is 156 Å². The van der Waals surface area contributed by atoms with E-state index in [9.17, 15) is 31.9 Å². The number of carbonyl (C=O) groups excluding carboxylic acids is 3. The maximum absolute atomic E-state index is 14.1. The first kappa shape index (κ1) is 19.3. The monoisotopic (exact) mass is 395 g/mol. The molecule has 0 spiro atoms. The summed E-state index contributed by atoms with van der Waals surface area (Å²) in [5.41, 5.74) is -2.68. The molecule has 1 fully saturated rings. The zero-order chi connectivity index (χ0) is 20.6. The first-order valence-corrected chi connectivity index (χ1v) is 7.96. The molecule has 1 aliphatic rings. The predicted molar refractivity (Wildman–Crippen MR) is 88.9 cm³/mol. The van der Waals surface area contributed by atoms with Crippen LogP contribution < -0.4 is 10.6 Å². The molecule has 3 rings (SSSR count). The Morgan fingerprint density at radius 3 is 2.36 bits per heavy atom. The van der Waals surface area contributed by atoms with Gasteiger partial charge < -0.3 is 10.6 Å². The lowest BCUT2D eigenvalue weighted by molar-refractivity contribution is -0.133. The van der Waals surface area contributed by atoms with Crippen molar-refractivity contribution < 1.29 is 31.9 Å². The van der Waals surface area contributed by atoms with Crippen LogP contribution >= 0.6 is 0 Å². The lowest BCUT2D eigenvalue weighted by Crippen LogP contribution is -2.42. The highest BCUT2D eigenvalue weighted by Gasteiger charge is 2.50. The molecule has 1 atom stereocenters. The number of benzene rings is 2. The van der Waals surface area contributed by atoms with Crippen LogP contribution in [0.5, 0.6) is 0 Å². The molecule has 10 heteroatoms. The summed E-state index contributed by atoms with van der Waals surface area (Å²) in [4.78, 5) is 37.4. The SMILES string of the molecule is C[C@@]1(c2cc(F)ccc2F)NC(=O)N(CC(=O)Nc2ccc(F)cc2F)C1=O. The van der Waals surface area contributed by atoms with Gasteiger partial charge in [0.15, 0.2) is 0 Å². The van der Waals surface area contributed by atoms with Gasteiger partial charge in [0.25, 0.3) is 5.91 Å². The summed E-state index contributed by atoms with van der Waals surface area (Å²) in [7, 11) is 0. The molecule has 0 aromatic heterocycles. The van der Waals surface area contributed by atoms with Crippen molar-refractivity contribution in [3.8, 4) is 0 Å². The van der Waals surface area contributed by atoms with Crippen LogP contribution in [0, 0.1) is 23.3 Å². The third-order valence-corrected chi connectivity index (χ3v) is 4.25. The molecule has 0 radical (unpaired) electrons. The second-order valence-corrected chi connectivity index (χ2v) is 6.24. The van der Waals surface area contributed by atoms with E-state index < -0.39 is 58.8 Å². The van der Waals surface area contributed by atoms with Gasteiger partial charge in [0.1, 0.15) is 35.4 Å². The molecule has 1 heterocycles. The minimum atomic E-state index is -1.93. The Morgan fingerprint density at radius 2 is 1.68 bits per heavy atom. The zero-order valence-electron chi connectivity index (χ0n) is 14.4. The second-order valence-electron chi connectivity index (χ2n) is 6.24. The summed E-state index contributed by atoms with van der Waals surface area (Å²) < 4.78 is 54.1. The molecule has 6 nitrogen and oxygen atoms in total. The fraction of sp³-hybridized carbons (Fsp3) is 0.167. The van der Waals surface area contributed by atoms with Crippen LogP contribution in [0.25, 0.3) is 0 Å². The fourth-order valence-electron chi connectivity index (χ4n) is 2.83. The van der Waals surface area contributed by atoms with Crippen LogP contribution in [0.4, 0.5) is 28.0 Å². The van der Waals surface area contributed by atoms with E-state index >= 15 is 0 Å². The third kappa shape index (κ3) is 3.40. The number of hydrogen-bond acceptors (Lipinski definition) is 3. The molecule has 4 amide bonds. The smallest absolute Gasteiger partial charge is 0.322 e. The summed E-state index contributed by atoms with van der Waals surface area (Å²) in [6.07, 6.45) is 0. The molecule has 2 N–H and O–H groups in total. The van der Waals surface area contributed by atoms with Gasteiger partial charge in [0, 0.05) is 11.6 Å². The minimum absolute atomic E-state index is 0.350. The number of nitrogens with one attached hydrogen (secondary N) is 2. The number of anilines is 1. The predicted octanol–water partition coefficient (Wildman–Crippen LogP) is 2.65. The molecule has 1 aliphatic heterocycles. The van der Waals surface area contributed by atoms with Crippen LogP contribution in [-0.4, -0.2) is 29.3 Å². The Hall–Kier alpha value is -3.43. The Bertz CT molecular complexity index is 998. The lowest BCUT2D eigenvalue weighted by atomic mass is 9.91. The molecule has 2 aromatic rings. The summed E-state index contributed by atoms with van der Waals surface area (Å²) >= 11 is 0. The number of hydrogen-bond donors (Lipinski definition) is 2. The first-order chi connectivity index (χ1) is 13.1. The molecule has 0 saturated carbocycles. The normalized spacial score (nSPS) is 19.0. The average Bonchev–Trinajstić information content (AvgIpc) is 2.83. The van der Waals surface area contributed by atoms with Crippen molar-refractivity contribution in [1.29, 1.82) is 0 Å². The highest BCUT2D eigenvalue weighted by Crippen LogP contribution is 2.31. The van der Waals surface area contributed by atoms with Gasteiger partial charge in [-0.2, -0.15) is 0 Å². The highest BCUT2D eigenvalue weighted by molar-refractivity contribution is 6.10. The lowest BCUT2D eigenvalue weighted by Gasteiger charge is -2.22. The fourth-order valence-corrected chi connectivity index (χ4v) is 2.83. The standard InChI is InChI=1S/C18H13F4N3O3/c1-18(11-6-9(19)2-4-12(11)21)16(27)25(17(28)24-18)8-15(26)23-14-5-3-10(20)7-13(14)22/h2-7H,8H2,1H3,(H,23,26)(H,24,28)/t18-/m0/s1. The van der Waals surface area contributed by atoms with Crippen molar-refractivity contribution in [3.63, 3.8) is 0 Å². The Kier molecular flexibility index (Phi) is 4.80. The quantitative estimate of drug-likeness (QED) is 0.617. The van der Waals surface area contributed by atoms with E-state index in [1.54, 1.807) is 0 Å². The topological polar surface area (TPSA) is 78.5 Å². The van der Waals surface area contributed by atoms with Crippen molar-refractivity contribution in [2.45, 2.75) is 12.5 Å². The van der Waals surface area contributed by atoms with Crippen LogP contribution in [0.3, 0.4) is 0 Å². The molecule has 28 heavy (non-hydrogen) atoms. The van der Waals surface area contributed by atoms with Crippen molar-refractivity contribution >= 4 is 23.5 Å². The number of carbonyl (C=O) groups is 3. The number of rotatable bonds is 4. The average molecular weight is 395 g/mol. The zero-order valence-corrected chi connectivity index (χ0v) is 14.4. The van der Waals surface area contributed by atoms with E-state index in [1.807, 2.05) is 0 Å². The molecule has 1 saturated heterocycles. The summed E-state index contributed by atoms with van der Waals surface area (Å²) in [6, 6.07) is 3.86. The van der Waals surface area contributed by atoms with E-state index in [1.165, 1.54) is 6.92 Å². The van der Waals surface area contributed by atoms with Gasteiger partial charge in [0.05, 0.1) is 5.69 Å². The van der Waals surface area contributed by atoms with Gasteiger partial charge in [-0.15, -0.1) is 0 Å². The third-order valence-electron chi connectivity index (χ3n) is 4.25. The minimum Gasteiger partial charge on any atom is -0.322 e. The van der Waals surface area contributed by atoms with Crippen molar-refractivity contribution in [2.24, 2.45) is 0 Å². The first-order valence-electron chi connectivity index (χ1n) is 7.96. The Morgan fingerprint density at radius 1 is 1.04 bits per heavy atom. The van der Waals surface area contributed by atoms with E-state index in [2.05, 4.69) is 10.6 Å². The van der Waals surface area contributed by atoms with Crippen LogP contribution in [0.15, 0.2) is 36.4 Å². The molecule has 0 bridgehead atoms. The van der Waals surface area contributed by atoms with Crippen LogP contribution in [-0.2, 0) is 15.1 Å². The van der Waals surface area contributed by atoms with Gasteiger partial charge in [-0.05, 0) is 37.3 Å². The van der Waals surface area contributed by atoms with Gasteiger partial charge >= 0.3 is 6.03 Å². The van der Waals surface area contributed by atoms with E-state index in [0.717, 1.165) is 30.3 Å². The number of nitrogens with zero attached hydrogens (tertiary/aromatic N) is 1. The number of urea groups is 1. The molecule has 146 valence electrons. The highest BCUT2D eigenvalue weighted by atomic mass is 19.1. The summed E-state index contributed by atoms with van der Waals surface area (Å²) in [6.45, 7) is 0.358. The second kappa shape index (κ2) is 6.95. The summed E-state index contributed by atoms with van der Waals surface area (Å²) in [5.74, 6) is -5.57. The molecular weight excluding hydrogens is 382 g/mol. The van der Waals surface area contributed by atoms with Crippen molar-refractivity contribution in [2.75, 3.05) is 11.9 Å². The number of imide groups is 1. The van der Waals surface area contributed by atoms with E-state index in [-0.39, 0.29) is 5.69 Å². The van der Waals surface area contributed by atoms with Crippen molar-refractivity contribution in [3.05, 3.63) is 65.2 Å². The maximum atomic E-state index is 14.1. The van der Waals surface area contributed by atoms with Gasteiger partial charge in [-0.1, -0.05) is 0 Å². The molecule has 2 aromatic carbocycles. The van der Waals surface area contributed by atoms with Crippen LogP contribution in [0.2, 0.25) is 0 Å². The van der Waals surface area contributed by atoms with Gasteiger partial charge in [-0.25, -0.2) is 22.4 Å². The maximum Gasteiger partial charge on any atom is 0.325 e. The molecule has 0 aliphatic carbocycles. The van der Waals surface area contributed by atoms with Gasteiger partial charge in [0.2, 0.25) is 5.91 Å². The Balaban J connectivity index is 1.80.